The van der Waals surface area contributed by atoms with Crippen molar-refractivity contribution in [2.24, 2.45) is 5.10 Å². The number of carbonyl (C=O) groups is 1. The minimum absolute atomic E-state index is 0.291. The summed E-state index contributed by atoms with van der Waals surface area (Å²) < 4.78 is 11.5. The fourth-order valence-corrected chi connectivity index (χ4v) is 3.80. The molecule has 0 aliphatic heterocycles. The molecule has 0 unspecified atom stereocenters. The molecule has 8 heteroatoms. The van der Waals surface area contributed by atoms with Crippen molar-refractivity contribution in [2.75, 3.05) is 7.11 Å². The Morgan fingerprint density at radius 1 is 1.06 bits per heavy atom. The van der Waals surface area contributed by atoms with Gasteiger partial charge in [-0.1, -0.05) is 48.0 Å². The van der Waals surface area contributed by atoms with Crippen LogP contribution in [-0.2, 0) is 6.61 Å². The molecule has 3 aromatic carbocycles. The van der Waals surface area contributed by atoms with Crippen LogP contribution in [0.3, 0.4) is 0 Å². The zero-order valence-corrected chi connectivity index (χ0v) is 19.9. The van der Waals surface area contributed by atoms with Gasteiger partial charge in [0.2, 0.25) is 0 Å². The van der Waals surface area contributed by atoms with E-state index < -0.39 is 5.91 Å². The number of benzene rings is 3. The van der Waals surface area contributed by atoms with Crippen LogP contribution in [0.15, 0.2) is 84.1 Å². The van der Waals surface area contributed by atoms with E-state index in [0.29, 0.717) is 29.5 Å². The molecular weight excluding hydrogens is 454 g/mol. The summed E-state index contributed by atoms with van der Waals surface area (Å²) in [7, 11) is 1.59. The van der Waals surface area contributed by atoms with Crippen molar-refractivity contribution in [3.05, 3.63) is 101 Å². The third kappa shape index (κ3) is 4.97. The first-order valence-corrected chi connectivity index (χ1v) is 11.4. The molecule has 0 aliphatic rings. The molecule has 5 rings (SSSR count). The smallest absolute Gasteiger partial charge is 0.289 e. The summed E-state index contributed by atoms with van der Waals surface area (Å²) in [6, 6.07) is 23.3. The van der Waals surface area contributed by atoms with E-state index in [1.165, 1.54) is 5.56 Å². The number of para-hydroxylation sites is 1. The maximum atomic E-state index is 12.6. The number of H-pyrrole nitrogens is 2. The van der Waals surface area contributed by atoms with Crippen molar-refractivity contribution >= 4 is 23.0 Å². The Hall–Kier alpha value is -4.85. The molecule has 0 fully saturated rings. The lowest BCUT2D eigenvalue weighted by Crippen LogP contribution is -2.17. The van der Waals surface area contributed by atoms with Gasteiger partial charge in [0.25, 0.3) is 5.91 Å². The average Bonchev–Trinajstić information content (AvgIpc) is 3.56. The van der Waals surface area contributed by atoms with Gasteiger partial charge in [-0.2, -0.15) is 10.2 Å². The van der Waals surface area contributed by atoms with Crippen LogP contribution in [0.25, 0.3) is 22.2 Å². The lowest BCUT2D eigenvalue weighted by atomic mass is 10.1. The topological polar surface area (TPSA) is 104 Å². The van der Waals surface area contributed by atoms with Crippen LogP contribution in [0.5, 0.6) is 11.5 Å². The quantitative estimate of drug-likeness (QED) is 0.210. The number of nitrogens with zero attached hydrogens (tertiary/aromatic N) is 2. The highest BCUT2D eigenvalue weighted by Crippen LogP contribution is 2.32. The van der Waals surface area contributed by atoms with Crippen molar-refractivity contribution in [1.82, 2.24) is 20.6 Å². The van der Waals surface area contributed by atoms with Gasteiger partial charge in [0.15, 0.2) is 11.5 Å². The van der Waals surface area contributed by atoms with E-state index in [-0.39, 0.29) is 0 Å². The summed E-state index contributed by atoms with van der Waals surface area (Å²) in [5.74, 6) is 0.814. The lowest BCUT2D eigenvalue weighted by Gasteiger charge is -2.12. The second kappa shape index (κ2) is 10.2. The molecule has 2 heterocycles. The van der Waals surface area contributed by atoms with Crippen molar-refractivity contribution in [1.29, 1.82) is 0 Å². The summed E-state index contributed by atoms with van der Waals surface area (Å²) in [6.45, 7) is 2.48. The largest absolute Gasteiger partial charge is 0.493 e. The van der Waals surface area contributed by atoms with E-state index in [2.05, 4.69) is 44.8 Å². The van der Waals surface area contributed by atoms with E-state index in [4.69, 9.17) is 9.47 Å². The molecule has 1 amide bonds. The normalized spacial score (nSPS) is 11.2. The molecular formula is C28H25N5O3. The van der Waals surface area contributed by atoms with Gasteiger partial charge in [0, 0.05) is 28.2 Å². The zero-order chi connectivity index (χ0) is 24.9. The number of aromatic nitrogens is 3. The first-order chi connectivity index (χ1) is 17.6. The second-order valence-corrected chi connectivity index (χ2v) is 8.30. The fraction of sp³-hybridized carbons (Fsp3) is 0.107. The maximum absolute atomic E-state index is 12.6. The third-order valence-corrected chi connectivity index (χ3v) is 5.79. The number of nitrogens with one attached hydrogen (secondary N) is 3. The lowest BCUT2D eigenvalue weighted by molar-refractivity contribution is 0.0950. The van der Waals surface area contributed by atoms with Crippen LogP contribution in [0.1, 0.15) is 27.2 Å². The third-order valence-electron chi connectivity index (χ3n) is 5.79. The summed E-state index contributed by atoms with van der Waals surface area (Å²) in [5, 5.41) is 12.2. The number of fused-ring (bicyclic) bond motifs is 1. The van der Waals surface area contributed by atoms with Crippen molar-refractivity contribution in [2.45, 2.75) is 13.5 Å². The molecule has 36 heavy (non-hydrogen) atoms. The number of ether oxygens (including phenoxy) is 2. The van der Waals surface area contributed by atoms with Crippen LogP contribution in [0.4, 0.5) is 0 Å². The van der Waals surface area contributed by atoms with E-state index in [1.54, 1.807) is 19.4 Å². The summed E-state index contributed by atoms with van der Waals surface area (Å²) in [5.41, 5.74) is 8.37. The molecule has 5 aromatic rings. The van der Waals surface area contributed by atoms with Crippen LogP contribution >= 0.6 is 0 Å². The molecule has 180 valence electrons. The molecule has 8 nitrogen and oxygen atoms in total. The van der Waals surface area contributed by atoms with Gasteiger partial charge < -0.3 is 14.5 Å². The van der Waals surface area contributed by atoms with E-state index in [9.17, 15) is 4.79 Å². The number of hydrogen-bond acceptors (Lipinski definition) is 5. The Balaban J connectivity index is 1.24. The zero-order valence-electron chi connectivity index (χ0n) is 19.9. The minimum atomic E-state index is -0.394. The molecule has 0 atom stereocenters. The average molecular weight is 480 g/mol. The number of carbonyl (C=O) groups excluding carboxylic acids is 1. The van der Waals surface area contributed by atoms with Gasteiger partial charge >= 0.3 is 0 Å². The van der Waals surface area contributed by atoms with Gasteiger partial charge in [-0.3, -0.25) is 9.89 Å². The van der Waals surface area contributed by atoms with Gasteiger partial charge in [0.05, 0.1) is 19.0 Å². The maximum Gasteiger partial charge on any atom is 0.289 e. The Kier molecular flexibility index (Phi) is 6.48. The number of aryl methyl sites for hydroxylation is 1. The predicted octanol–water partition coefficient (Wildman–Crippen LogP) is 5.22. The number of hydrogen-bond donors (Lipinski definition) is 3. The number of hydrazone groups is 1. The first-order valence-electron chi connectivity index (χ1n) is 11.4. The van der Waals surface area contributed by atoms with Crippen molar-refractivity contribution in [3.8, 4) is 22.8 Å². The van der Waals surface area contributed by atoms with Gasteiger partial charge in [0.1, 0.15) is 12.3 Å². The highest BCUT2D eigenvalue weighted by atomic mass is 16.5. The molecule has 2 aromatic heterocycles. The van der Waals surface area contributed by atoms with Crippen molar-refractivity contribution in [3.63, 3.8) is 0 Å². The molecule has 0 aliphatic carbocycles. The Morgan fingerprint density at radius 3 is 2.72 bits per heavy atom. The molecule has 3 N–H and O–H groups in total. The van der Waals surface area contributed by atoms with E-state index in [0.717, 1.165) is 27.6 Å². The molecule has 0 radical (unpaired) electrons. The van der Waals surface area contributed by atoms with Gasteiger partial charge in [-0.05, 0) is 42.8 Å². The van der Waals surface area contributed by atoms with Crippen LogP contribution in [0, 0.1) is 6.92 Å². The van der Waals surface area contributed by atoms with Crippen LogP contribution < -0.4 is 14.9 Å². The second-order valence-electron chi connectivity index (χ2n) is 8.30. The molecule has 0 spiro atoms. The number of aromatic amines is 2. The van der Waals surface area contributed by atoms with E-state index >= 15 is 0 Å². The molecule has 0 saturated heterocycles. The Labute approximate surface area is 208 Å². The van der Waals surface area contributed by atoms with Gasteiger partial charge in [-0.25, -0.2) is 5.43 Å². The summed E-state index contributed by atoms with van der Waals surface area (Å²) in [6.07, 6.45) is 3.45. The fourth-order valence-electron chi connectivity index (χ4n) is 3.80. The molecule has 0 saturated carbocycles. The summed E-state index contributed by atoms with van der Waals surface area (Å²) in [4.78, 5) is 15.7. The first kappa shape index (κ1) is 22.9. The highest BCUT2D eigenvalue weighted by Gasteiger charge is 2.13. The number of methoxy groups -OCH3 is 1. The molecule has 0 bridgehead atoms. The predicted molar refractivity (Wildman–Crippen MR) is 139 cm³/mol. The van der Waals surface area contributed by atoms with Crippen molar-refractivity contribution < 1.29 is 14.3 Å². The Morgan fingerprint density at radius 2 is 1.89 bits per heavy atom. The minimum Gasteiger partial charge on any atom is -0.493 e. The number of rotatable bonds is 8. The Bertz CT molecular complexity index is 1530. The number of amides is 1. The SMILES string of the molecule is COc1cc(-c2cc(C(=O)N/N=C\c3c[nH]c4ccccc34)[nH]n2)ccc1OCc1ccc(C)cc1. The highest BCUT2D eigenvalue weighted by molar-refractivity contribution is 6.00. The van der Waals surface area contributed by atoms with E-state index in [1.807, 2.05) is 60.8 Å². The van der Waals surface area contributed by atoms with Gasteiger partial charge in [-0.15, -0.1) is 0 Å². The van der Waals surface area contributed by atoms with Crippen LogP contribution in [-0.4, -0.2) is 34.4 Å². The van der Waals surface area contributed by atoms with Crippen LogP contribution in [0.2, 0.25) is 0 Å². The monoisotopic (exact) mass is 479 g/mol. The standard InChI is InChI=1S/C28H25N5O3/c1-18-7-9-19(10-8-18)17-36-26-12-11-20(13-27(26)35-2)24-14-25(32-31-24)28(34)33-30-16-21-15-29-23-6-4-3-5-22(21)23/h3-16,29H,17H2,1-2H3,(H,31,32)(H,33,34)/b30-16-. The summed E-state index contributed by atoms with van der Waals surface area (Å²) >= 11 is 0.